The molecule has 0 aromatic carbocycles. The van der Waals surface area contributed by atoms with Crippen molar-refractivity contribution in [3.63, 3.8) is 0 Å². The maximum absolute atomic E-state index is 8.88. The van der Waals surface area contributed by atoms with Crippen LogP contribution in [0.5, 0.6) is 0 Å². The van der Waals surface area contributed by atoms with Crippen molar-refractivity contribution in [3.05, 3.63) is 12.8 Å². The Balaban J connectivity index is -0.0000000535. The van der Waals surface area contributed by atoms with Crippen LogP contribution in [0, 0.1) is 0 Å². The SMILES string of the molecule is C=CO.O=P(O)(O)O.O=P(O)(O)O.[KH]. The van der Waals surface area contributed by atoms with Gasteiger partial charge < -0.3 is 34.5 Å². The standard InChI is InChI=1S/C2H4O.K.2H3O4P.H/c1-2-3;;2*1-5(2,3)4;/h2-3H,1H2;;2*(H3,1,2,3,4);. The van der Waals surface area contributed by atoms with Gasteiger partial charge in [0, 0.05) is 0 Å². The molecule has 14 heavy (non-hydrogen) atoms. The van der Waals surface area contributed by atoms with Gasteiger partial charge in [0.1, 0.15) is 0 Å². The fraction of sp³-hybridized carbons (Fsp3) is 0. The van der Waals surface area contributed by atoms with E-state index < -0.39 is 15.6 Å². The minimum absolute atomic E-state index is 0. The van der Waals surface area contributed by atoms with E-state index in [-0.39, 0.29) is 51.4 Å². The molecule has 0 radical (unpaired) electrons. The second-order valence-corrected chi connectivity index (χ2v) is 3.26. The predicted molar refractivity (Wildman–Crippen MR) is 48.5 cm³/mol. The van der Waals surface area contributed by atoms with Gasteiger partial charge in [0.05, 0.1) is 6.26 Å². The van der Waals surface area contributed by atoms with E-state index in [1.807, 2.05) is 0 Å². The average molecular weight is 280 g/mol. The number of phosphoric acid groups is 2. The predicted octanol–water partition coefficient (Wildman–Crippen LogP) is -1.82. The van der Waals surface area contributed by atoms with Crippen LogP contribution in [0.2, 0.25) is 0 Å². The molecule has 0 aliphatic heterocycles. The van der Waals surface area contributed by atoms with Crippen LogP contribution in [-0.2, 0) is 9.13 Å². The molecule has 7 N–H and O–H groups in total. The summed E-state index contributed by atoms with van der Waals surface area (Å²) in [6.45, 7) is 2.92. The van der Waals surface area contributed by atoms with Crippen LogP contribution in [0.1, 0.15) is 0 Å². The van der Waals surface area contributed by atoms with Gasteiger partial charge in [-0.2, -0.15) is 0 Å². The van der Waals surface area contributed by atoms with Crippen molar-refractivity contribution in [1.82, 2.24) is 0 Å². The summed E-state index contributed by atoms with van der Waals surface area (Å²) in [5.74, 6) is 0. The molecule has 12 heteroatoms. The topological polar surface area (TPSA) is 176 Å². The number of aliphatic hydroxyl groups excluding tert-OH is 1. The molecule has 0 heterocycles. The van der Waals surface area contributed by atoms with Crippen molar-refractivity contribution in [3.8, 4) is 0 Å². The van der Waals surface area contributed by atoms with Crippen LogP contribution < -0.4 is 0 Å². The van der Waals surface area contributed by atoms with E-state index in [9.17, 15) is 0 Å². The van der Waals surface area contributed by atoms with E-state index in [1.165, 1.54) is 0 Å². The quantitative estimate of drug-likeness (QED) is 0.153. The minimum atomic E-state index is -4.64. The van der Waals surface area contributed by atoms with Gasteiger partial charge in [-0.05, 0) is 0 Å². The Hall–Kier alpha value is 1.40. The number of hydrogen-bond acceptors (Lipinski definition) is 3. The molecular weight excluding hydrogens is 269 g/mol. The maximum atomic E-state index is 8.88. The molecule has 0 rings (SSSR count). The summed E-state index contributed by atoms with van der Waals surface area (Å²) >= 11 is 0. The van der Waals surface area contributed by atoms with Crippen molar-refractivity contribution >= 4 is 67.0 Å². The van der Waals surface area contributed by atoms with Crippen LogP contribution in [0.3, 0.4) is 0 Å². The Morgan fingerprint density at radius 3 is 0.857 bits per heavy atom. The molecule has 0 aromatic rings. The average Bonchev–Trinajstić information content (AvgIpc) is 1.52. The Kier molecular flexibility index (Phi) is 21.9. The second kappa shape index (κ2) is 12.5. The molecule has 0 fully saturated rings. The summed E-state index contributed by atoms with van der Waals surface area (Å²) in [5.41, 5.74) is 0. The normalized spacial score (nSPS) is 9.29. The van der Waals surface area contributed by atoms with Crippen molar-refractivity contribution in [2.75, 3.05) is 0 Å². The second-order valence-electron chi connectivity index (χ2n) is 1.21. The summed E-state index contributed by atoms with van der Waals surface area (Å²) in [7, 11) is -9.28. The van der Waals surface area contributed by atoms with Crippen LogP contribution >= 0.6 is 15.6 Å². The van der Waals surface area contributed by atoms with Crippen molar-refractivity contribution in [2.45, 2.75) is 0 Å². The molecule has 0 aromatic heterocycles. The first-order valence-corrected chi connectivity index (χ1v) is 5.36. The Morgan fingerprint density at radius 1 is 0.857 bits per heavy atom. The van der Waals surface area contributed by atoms with Gasteiger partial charge in [0.25, 0.3) is 0 Å². The van der Waals surface area contributed by atoms with Crippen LogP contribution in [-0.4, -0.2) is 85.9 Å². The summed E-state index contributed by atoms with van der Waals surface area (Å²) in [5, 5.41) is 7.33. The Bertz CT molecular complexity index is 166. The molecular formula is C2H11KO9P2. The van der Waals surface area contributed by atoms with Crippen molar-refractivity contribution in [1.29, 1.82) is 0 Å². The summed E-state index contributed by atoms with van der Waals surface area (Å²) in [6.07, 6.45) is 0.750. The summed E-state index contributed by atoms with van der Waals surface area (Å²) in [4.78, 5) is 43.1. The van der Waals surface area contributed by atoms with Crippen LogP contribution in [0.25, 0.3) is 0 Å². The monoisotopic (exact) mass is 280 g/mol. The fourth-order valence-electron chi connectivity index (χ4n) is 0. The Morgan fingerprint density at radius 2 is 0.857 bits per heavy atom. The molecule has 84 valence electrons. The molecule has 0 atom stereocenters. The molecule has 0 unspecified atom stereocenters. The fourth-order valence-corrected chi connectivity index (χ4v) is 0. The number of rotatable bonds is 0. The molecule has 0 aliphatic rings. The molecule has 0 bridgehead atoms. The van der Waals surface area contributed by atoms with E-state index in [2.05, 4.69) is 6.58 Å². The molecule has 9 nitrogen and oxygen atoms in total. The third kappa shape index (κ3) is 1060. The molecule has 0 aliphatic carbocycles. The van der Waals surface area contributed by atoms with Crippen LogP contribution in [0.15, 0.2) is 12.8 Å². The first-order valence-electron chi connectivity index (χ1n) is 2.23. The summed E-state index contributed by atoms with van der Waals surface area (Å²) in [6, 6.07) is 0. The number of aliphatic hydroxyl groups is 1. The van der Waals surface area contributed by atoms with Gasteiger partial charge in [-0.1, -0.05) is 6.58 Å². The molecule has 0 spiro atoms. The zero-order chi connectivity index (χ0) is 11.7. The van der Waals surface area contributed by atoms with Crippen LogP contribution in [0.4, 0.5) is 0 Å². The van der Waals surface area contributed by atoms with Crippen molar-refractivity contribution < 1.29 is 43.6 Å². The van der Waals surface area contributed by atoms with Gasteiger partial charge in [0.15, 0.2) is 0 Å². The first kappa shape index (κ1) is 24.6. The van der Waals surface area contributed by atoms with E-state index in [0.717, 1.165) is 6.26 Å². The van der Waals surface area contributed by atoms with E-state index in [1.54, 1.807) is 0 Å². The van der Waals surface area contributed by atoms with Gasteiger partial charge >= 0.3 is 67.0 Å². The van der Waals surface area contributed by atoms with E-state index >= 15 is 0 Å². The third-order valence-corrected chi connectivity index (χ3v) is 0. The van der Waals surface area contributed by atoms with Gasteiger partial charge in [-0.3, -0.25) is 0 Å². The molecule has 0 saturated heterocycles. The zero-order valence-electron chi connectivity index (χ0n) is 6.13. The van der Waals surface area contributed by atoms with Gasteiger partial charge in [-0.15, -0.1) is 0 Å². The Labute approximate surface area is 122 Å². The zero-order valence-corrected chi connectivity index (χ0v) is 7.91. The van der Waals surface area contributed by atoms with Gasteiger partial charge in [0.2, 0.25) is 0 Å². The summed E-state index contributed by atoms with van der Waals surface area (Å²) < 4.78 is 17.8. The third-order valence-electron chi connectivity index (χ3n) is 0. The molecule has 0 saturated carbocycles. The number of hydrogen-bond donors (Lipinski definition) is 7. The van der Waals surface area contributed by atoms with E-state index in [0.29, 0.717) is 0 Å². The van der Waals surface area contributed by atoms with Crippen molar-refractivity contribution in [2.24, 2.45) is 0 Å². The van der Waals surface area contributed by atoms with E-state index in [4.69, 9.17) is 43.6 Å². The molecule has 0 amide bonds. The first-order chi connectivity index (χ1) is 5.41. The van der Waals surface area contributed by atoms with Gasteiger partial charge in [-0.25, -0.2) is 9.13 Å².